The normalized spacial score (nSPS) is 33.3. The zero-order valence-corrected chi connectivity index (χ0v) is 26.5. The van der Waals surface area contributed by atoms with E-state index in [-0.39, 0.29) is 30.1 Å². The van der Waals surface area contributed by atoms with Gasteiger partial charge in [-0.1, -0.05) is 59.5 Å². The summed E-state index contributed by atoms with van der Waals surface area (Å²) in [5, 5.41) is 26.2. The highest BCUT2D eigenvalue weighted by molar-refractivity contribution is 6.30. The van der Waals surface area contributed by atoms with Crippen molar-refractivity contribution >= 4 is 17.7 Å². The Bertz CT molecular complexity index is 1460. The molecule has 7 rings (SSSR count). The van der Waals surface area contributed by atoms with Crippen LogP contribution in [0.1, 0.15) is 68.9 Å². The van der Waals surface area contributed by atoms with Crippen molar-refractivity contribution in [3.63, 3.8) is 0 Å². The van der Waals surface area contributed by atoms with Crippen molar-refractivity contribution in [1.29, 1.82) is 0 Å². The van der Waals surface area contributed by atoms with Gasteiger partial charge in [0.05, 0.1) is 13.2 Å². The monoisotopic (exact) mass is 630 g/mol. The molecule has 0 radical (unpaired) electrons. The number of carbonyl (C=O) groups excluding carboxylic acids is 1. The van der Waals surface area contributed by atoms with Gasteiger partial charge in [0.25, 0.3) is 0 Å². The first kappa shape index (κ1) is 31.9. The molecule has 1 amide bonds. The number of fused-ring (bicyclic) bond motifs is 2. The predicted molar refractivity (Wildman–Crippen MR) is 173 cm³/mol. The number of carbonyl (C=O) groups is 1. The molecule has 2 aliphatic carbocycles. The van der Waals surface area contributed by atoms with E-state index in [1.807, 2.05) is 54.6 Å². The molecule has 6 unspecified atom stereocenters. The Kier molecular flexibility index (Phi) is 10.0. The second-order valence-corrected chi connectivity index (χ2v) is 13.4. The first-order valence-corrected chi connectivity index (χ1v) is 16.8. The molecule has 3 heterocycles. The minimum absolute atomic E-state index is 0.00800. The number of hydrogen-bond donors (Lipinski definition) is 3. The van der Waals surface area contributed by atoms with E-state index in [1.54, 1.807) is 4.90 Å². The number of hydrogen-bond acceptors (Lipinski definition) is 6. The van der Waals surface area contributed by atoms with Crippen LogP contribution in [0.15, 0.2) is 54.6 Å². The Morgan fingerprint density at radius 3 is 2.40 bits per heavy atom. The first-order chi connectivity index (χ1) is 21.8. The number of benzene rings is 2. The number of ether oxygens (including phenoxy) is 2. The topological polar surface area (TPSA) is 91.3 Å². The maximum absolute atomic E-state index is 12.6. The molecule has 2 saturated carbocycles. The summed E-state index contributed by atoms with van der Waals surface area (Å²) < 4.78 is 10.9. The third-order valence-electron chi connectivity index (χ3n) is 10.1. The number of rotatable bonds is 1. The average molecular weight is 631 g/mol. The highest BCUT2D eigenvalue weighted by Gasteiger charge is 2.51. The Morgan fingerprint density at radius 1 is 0.911 bits per heavy atom. The highest BCUT2D eigenvalue weighted by atomic mass is 35.5. The van der Waals surface area contributed by atoms with Gasteiger partial charge in [0.15, 0.2) is 0 Å². The lowest BCUT2D eigenvalue weighted by Crippen LogP contribution is -2.50. The molecule has 45 heavy (non-hydrogen) atoms. The maximum Gasteiger partial charge on any atom is 0.410 e. The Hall–Kier alpha value is -3.04. The fraction of sp³-hybridized carbons (Fsp3) is 0.541. The highest BCUT2D eigenvalue weighted by Crippen LogP contribution is 2.43. The molecule has 238 valence electrons. The van der Waals surface area contributed by atoms with Gasteiger partial charge >= 0.3 is 6.09 Å². The van der Waals surface area contributed by atoms with Crippen LogP contribution in [0, 0.1) is 35.5 Å². The molecular weight excluding hydrogens is 588 g/mol. The van der Waals surface area contributed by atoms with Crippen molar-refractivity contribution in [2.75, 3.05) is 26.3 Å². The van der Waals surface area contributed by atoms with Crippen molar-refractivity contribution in [1.82, 2.24) is 10.2 Å². The van der Waals surface area contributed by atoms with Crippen molar-refractivity contribution in [3.8, 4) is 23.7 Å². The van der Waals surface area contributed by atoms with Crippen molar-refractivity contribution in [3.05, 3.63) is 70.7 Å². The van der Waals surface area contributed by atoms with Gasteiger partial charge in [-0.05, 0) is 88.2 Å². The second kappa shape index (κ2) is 14.2. The lowest BCUT2D eigenvalue weighted by Gasteiger charge is -2.40. The molecule has 7 atom stereocenters. The molecular formula is C37H43ClN2O5. The molecule has 3 N–H and O–H groups in total. The van der Waals surface area contributed by atoms with E-state index in [1.165, 1.54) is 0 Å². The van der Waals surface area contributed by atoms with Crippen LogP contribution >= 0.6 is 11.6 Å². The van der Waals surface area contributed by atoms with Crippen LogP contribution in [0.5, 0.6) is 0 Å². The third-order valence-corrected chi connectivity index (χ3v) is 10.3. The van der Waals surface area contributed by atoms with Crippen LogP contribution in [0.25, 0.3) is 0 Å². The fourth-order valence-corrected chi connectivity index (χ4v) is 7.95. The van der Waals surface area contributed by atoms with Gasteiger partial charge < -0.3 is 29.9 Å². The van der Waals surface area contributed by atoms with Gasteiger partial charge in [-0.15, -0.1) is 0 Å². The minimum Gasteiger partial charge on any atom is -0.444 e. The second-order valence-electron chi connectivity index (χ2n) is 13.0. The van der Waals surface area contributed by atoms with Crippen molar-refractivity contribution < 1.29 is 24.5 Å². The molecule has 2 aromatic carbocycles. The summed E-state index contributed by atoms with van der Waals surface area (Å²) in [5.74, 6) is 12.7. The lowest BCUT2D eigenvalue weighted by atomic mass is 9.73. The van der Waals surface area contributed by atoms with E-state index < -0.39 is 11.2 Å². The van der Waals surface area contributed by atoms with Crippen LogP contribution in [0.2, 0.25) is 5.02 Å². The van der Waals surface area contributed by atoms with Crippen LogP contribution in [-0.4, -0.2) is 76.9 Å². The summed E-state index contributed by atoms with van der Waals surface area (Å²) in [6, 6.07) is 17.6. The average Bonchev–Trinajstić information content (AvgIpc) is 3.83. The van der Waals surface area contributed by atoms with E-state index in [9.17, 15) is 15.0 Å². The molecule has 5 fully saturated rings. The third kappa shape index (κ3) is 7.51. The molecule has 8 heteroatoms. The van der Waals surface area contributed by atoms with Crippen LogP contribution in [0.4, 0.5) is 4.79 Å². The summed E-state index contributed by atoms with van der Waals surface area (Å²) in [6.45, 7) is 2.76. The van der Waals surface area contributed by atoms with E-state index in [0.717, 1.165) is 69.0 Å². The van der Waals surface area contributed by atoms with E-state index in [4.69, 9.17) is 21.1 Å². The molecule has 0 spiro atoms. The number of likely N-dealkylation sites (tertiary alicyclic amines) is 1. The van der Waals surface area contributed by atoms with Gasteiger partial charge in [-0.3, -0.25) is 0 Å². The Balaban J connectivity index is 0.000000167. The van der Waals surface area contributed by atoms with E-state index in [0.29, 0.717) is 37.2 Å². The SMILES string of the molecule is O=C(O[C@@H]1CCOC1)N1CCC2C1CCCC2(O)C#Cc1ccccc1.OC1(C#Cc2cccc(Cl)c2)CCCC2NCCC21. The van der Waals surface area contributed by atoms with Crippen LogP contribution in [0.3, 0.4) is 0 Å². The first-order valence-electron chi connectivity index (χ1n) is 16.4. The molecule has 0 bridgehead atoms. The number of aliphatic hydroxyl groups is 2. The number of halogens is 1. The number of nitrogens with zero attached hydrogens (tertiary/aromatic N) is 1. The van der Waals surface area contributed by atoms with Crippen molar-refractivity contribution in [2.45, 2.75) is 87.2 Å². The molecule has 5 aliphatic rings. The van der Waals surface area contributed by atoms with Crippen molar-refractivity contribution in [2.24, 2.45) is 11.8 Å². The molecule has 0 aromatic heterocycles. The fourth-order valence-electron chi connectivity index (χ4n) is 7.75. The molecule has 2 aromatic rings. The zero-order valence-electron chi connectivity index (χ0n) is 25.7. The maximum atomic E-state index is 12.6. The van der Waals surface area contributed by atoms with Gasteiger partial charge in [-0.2, -0.15) is 0 Å². The summed E-state index contributed by atoms with van der Waals surface area (Å²) in [5.41, 5.74) is -0.105. The Morgan fingerprint density at radius 2 is 1.64 bits per heavy atom. The van der Waals surface area contributed by atoms with Gasteiger partial charge in [0, 0.05) is 53.0 Å². The van der Waals surface area contributed by atoms with Gasteiger partial charge in [0.2, 0.25) is 0 Å². The molecule has 3 aliphatic heterocycles. The van der Waals surface area contributed by atoms with E-state index >= 15 is 0 Å². The Labute approximate surface area is 271 Å². The lowest BCUT2D eigenvalue weighted by molar-refractivity contribution is -0.0181. The summed E-state index contributed by atoms with van der Waals surface area (Å²) in [7, 11) is 0. The largest absolute Gasteiger partial charge is 0.444 e. The quantitative estimate of drug-likeness (QED) is 0.378. The smallest absolute Gasteiger partial charge is 0.410 e. The molecule has 3 saturated heterocycles. The van der Waals surface area contributed by atoms with E-state index in [2.05, 4.69) is 29.0 Å². The zero-order chi connectivity index (χ0) is 31.3. The minimum atomic E-state index is -1.04. The number of nitrogens with one attached hydrogen (secondary N) is 1. The summed E-state index contributed by atoms with van der Waals surface area (Å²) in [4.78, 5) is 14.4. The predicted octanol–water partition coefficient (Wildman–Crippen LogP) is 5.15. The van der Waals surface area contributed by atoms with Gasteiger partial charge in [0.1, 0.15) is 17.3 Å². The van der Waals surface area contributed by atoms with Crippen LogP contribution < -0.4 is 5.32 Å². The van der Waals surface area contributed by atoms with Gasteiger partial charge in [-0.25, -0.2) is 4.79 Å². The molecule has 7 nitrogen and oxygen atoms in total. The summed E-state index contributed by atoms with van der Waals surface area (Å²) >= 11 is 5.95. The number of amides is 1. The van der Waals surface area contributed by atoms with Crippen LogP contribution in [-0.2, 0) is 9.47 Å². The standard InChI is InChI=1S/C21H25NO4.C16H18ClNO/c23-20(26-17-10-14-25-15-17)22-13-9-18-19(22)7-4-11-21(18,24)12-8-16-5-2-1-3-6-16;17-13-4-1-3-12(11-13)6-9-16(19)8-2-5-15-14(16)7-10-18-15/h1-3,5-6,17-19,24H,4,7,9-11,13-15H2;1,3-4,11,14-15,18-19H,2,5,7-8,10H2/t17-,18?,19?,21?;/m1./s1. The summed E-state index contributed by atoms with van der Waals surface area (Å²) in [6.07, 6.45) is 7.53.